The molecule has 1 fully saturated rings. The fourth-order valence-corrected chi connectivity index (χ4v) is 3.22. The van der Waals surface area contributed by atoms with Crippen molar-refractivity contribution in [3.05, 3.63) is 47.0 Å². The number of piperidine rings is 1. The molecule has 1 aliphatic heterocycles. The fraction of sp³-hybridized carbons (Fsp3) is 0.471. The lowest BCUT2D eigenvalue weighted by atomic mass is 9.93. The number of hydrogen-bond acceptors (Lipinski definition) is 3. The molecule has 26 heavy (non-hydrogen) atoms. The standard InChI is InChI=1S/C17H18ClF3N4O/c1-11(25-9-6-15(23-25)17(19,20)21)16(26)24-7-4-12(5-8-24)14-3-2-13(18)10-22-14/h2-3,6,9-12H,4-5,7-8H2,1H3. The first-order valence-electron chi connectivity index (χ1n) is 8.28. The zero-order valence-corrected chi connectivity index (χ0v) is 14.8. The Hall–Kier alpha value is -2.09. The molecule has 0 N–H and O–H groups in total. The molecule has 1 aliphatic rings. The van der Waals surface area contributed by atoms with Crippen molar-refractivity contribution in [3.63, 3.8) is 0 Å². The molecule has 3 rings (SSSR count). The summed E-state index contributed by atoms with van der Waals surface area (Å²) in [5, 5.41) is 4.07. The monoisotopic (exact) mass is 386 g/mol. The summed E-state index contributed by atoms with van der Waals surface area (Å²) in [6, 6.07) is 3.77. The third-order valence-electron chi connectivity index (χ3n) is 4.63. The van der Waals surface area contributed by atoms with Gasteiger partial charge in [0, 0.05) is 37.1 Å². The van der Waals surface area contributed by atoms with Crippen LogP contribution in [-0.4, -0.2) is 38.7 Å². The topological polar surface area (TPSA) is 51.0 Å². The lowest BCUT2D eigenvalue weighted by Gasteiger charge is -2.33. The number of aromatic nitrogens is 3. The molecule has 1 atom stereocenters. The van der Waals surface area contributed by atoms with Gasteiger partial charge in [-0.25, -0.2) is 0 Å². The Bertz CT molecular complexity index is 767. The van der Waals surface area contributed by atoms with Crippen LogP contribution in [0.4, 0.5) is 13.2 Å². The molecule has 1 saturated heterocycles. The summed E-state index contributed by atoms with van der Waals surface area (Å²) >= 11 is 5.84. The van der Waals surface area contributed by atoms with E-state index < -0.39 is 17.9 Å². The number of likely N-dealkylation sites (tertiary alicyclic amines) is 1. The smallest absolute Gasteiger partial charge is 0.341 e. The average Bonchev–Trinajstić information content (AvgIpc) is 3.12. The lowest BCUT2D eigenvalue weighted by molar-refractivity contribution is -0.142. The van der Waals surface area contributed by atoms with Crippen molar-refractivity contribution in [1.82, 2.24) is 19.7 Å². The van der Waals surface area contributed by atoms with Crippen LogP contribution in [0.1, 0.15) is 43.1 Å². The molecular weight excluding hydrogens is 369 g/mol. The van der Waals surface area contributed by atoms with Gasteiger partial charge in [-0.2, -0.15) is 18.3 Å². The van der Waals surface area contributed by atoms with E-state index in [-0.39, 0.29) is 11.8 Å². The summed E-state index contributed by atoms with van der Waals surface area (Å²) in [4.78, 5) is 18.6. The average molecular weight is 387 g/mol. The molecule has 3 heterocycles. The number of carbonyl (C=O) groups excluding carboxylic acids is 1. The normalized spacial score (nSPS) is 17.3. The van der Waals surface area contributed by atoms with Crippen molar-refractivity contribution in [3.8, 4) is 0 Å². The number of halogens is 4. The van der Waals surface area contributed by atoms with Gasteiger partial charge in [0.05, 0.1) is 5.02 Å². The van der Waals surface area contributed by atoms with Crippen molar-refractivity contribution in [2.45, 2.75) is 37.9 Å². The molecule has 0 aromatic carbocycles. The molecule has 9 heteroatoms. The van der Waals surface area contributed by atoms with Gasteiger partial charge in [-0.05, 0) is 38.0 Å². The van der Waals surface area contributed by atoms with Crippen molar-refractivity contribution < 1.29 is 18.0 Å². The Morgan fingerprint density at radius 3 is 2.50 bits per heavy atom. The highest BCUT2D eigenvalue weighted by molar-refractivity contribution is 6.30. The van der Waals surface area contributed by atoms with E-state index in [1.165, 1.54) is 6.20 Å². The second kappa shape index (κ2) is 7.26. The largest absolute Gasteiger partial charge is 0.435 e. The van der Waals surface area contributed by atoms with E-state index in [2.05, 4.69) is 10.1 Å². The van der Waals surface area contributed by atoms with Crippen LogP contribution < -0.4 is 0 Å². The Labute approximate surface area is 153 Å². The predicted molar refractivity (Wildman–Crippen MR) is 89.7 cm³/mol. The molecule has 5 nitrogen and oxygen atoms in total. The number of pyridine rings is 1. The van der Waals surface area contributed by atoms with E-state index in [4.69, 9.17) is 11.6 Å². The molecular formula is C17H18ClF3N4O. The lowest BCUT2D eigenvalue weighted by Crippen LogP contribution is -2.41. The van der Waals surface area contributed by atoms with Crippen LogP contribution in [0, 0.1) is 0 Å². The highest BCUT2D eigenvalue weighted by Crippen LogP contribution is 2.30. The second-order valence-electron chi connectivity index (χ2n) is 6.36. The van der Waals surface area contributed by atoms with E-state index in [1.807, 2.05) is 6.07 Å². The number of amides is 1. The van der Waals surface area contributed by atoms with Gasteiger partial charge >= 0.3 is 6.18 Å². The van der Waals surface area contributed by atoms with Gasteiger partial charge in [0.15, 0.2) is 5.69 Å². The Balaban J connectivity index is 1.61. The SMILES string of the molecule is CC(C(=O)N1CCC(c2ccc(Cl)cn2)CC1)n1ccc(C(F)(F)F)n1. The van der Waals surface area contributed by atoms with E-state index in [1.54, 1.807) is 24.1 Å². The zero-order chi connectivity index (χ0) is 18.9. The van der Waals surface area contributed by atoms with Crippen LogP contribution in [0.15, 0.2) is 30.6 Å². The quantitative estimate of drug-likeness (QED) is 0.803. The van der Waals surface area contributed by atoms with E-state index >= 15 is 0 Å². The van der Waals surface area contributed by atoms with Crippen LogP contribution in [0.5, 0.6) is 0 Å². The number of rotatable bonds is 3. The van der Waals surface area contributed by atoms with Gasteiger partial charge in [-0.3, -0.25) is 14.5 Å². The number of nitrogens with zero attached hydrogens (tertiary/aromatic N) is 4. The summed E-state index contributed by atoms with van der Waals surface area (Å²) in [6.07, 6.45) is -0.222. The van der Waals surface area contributed by atoms with Crippen LogP contribution in [0.3, 0.4) is 0 Å². The van der Waals surface area contributed by atoms with Crippen molar-refractivity contribution in [2.24, 2.45) is 0 Å². The molecule has 1 unspecified atom stereocenters. The number of hydrogen-bond donors (Lipinski definition) is 0. The zero-order valence-electron chi connectivity index (χ0n) is 14.1. The molecule has 0 aliphatic carbocycles. The summed E-state index contributed by atoms with van der Waals surface area (Å²) in [7, 11) is 0. The van der Waals surface area contributed by atoms with Crippen molar-refractivity contribution in [1.29, 1.82) is 0 Å². The Morgan fingerprint density at radius 2 is 1.96 bits per heavy atom. The Kier molecular flexibility index (Phi) is 5.22. The van der Waals surface area contributed by atoms with Gasteiger partial charge in [0.2, 0.25) is 5.91 Å². The van der Waals surface area contributed by atoms with Crippen molar-refractivity contribution >= 4 is 17.5 Å². The third kappa shape index (κ3) is 4.00. The van der Waals surface area contributed by atoms with E-state index in [0.717, 1.165) is 29.3 Å². The highest BCUT2D eigenvalue weighted by Gasteiger charge is 2.35. The van der Waals surface area contributed by atoms with Gasteiger partial charge in [0.25, 0.3) is 0 Å². The fourth-order valence-electron chi connectivity index (χ4n) is 3.11. The van der Waals surface area contributed by atoms with Crippen LogP contribution in [-0.2, 0) is 11.0 Å². The minimum atomic E-state index is -4.52. The molecule has 0 saturated carbocycles. The van der Waals surface area contributed by atoms with Crippen LogP contribution >= 0.6 is 11.6 Å². The molecule has 1 amide bonds. The van der Waals surface area contributed by atoms with Crippen LogP contribution in [0.25, 0.3) is 0 Å². The minimum Gasteiger partial charge on any atom is -0.341 e. The highest BCUT2D eigenvalue weighted by atomic mass is 35.5. The van der Waals surface area contributed by atoms with Crippen molar-refractivity contribution in [2.75, 3.05) is 13.1 Å². The molecule has 0 bridgehead atoms. The predicted octanol–water partition coefficient (Wildman–Crippen LogP) is 3.92. The minimum absolute atomic E-state index is 0.232. The maximum Gasteiger partial charge on any atom is 0.435 e. The maximum absolute atomic E-state index is 12.7. The summed E-state index contributed by atoms with van der Waals surface area (Å²) < 4.78 is 39.1. The maximum atomic E-state index is 12.7. The summed E-state index contributed by atoms with van der Waals surface area (Å²) in [6.45, 7) is 2.62. The third-order valence-corrected chi connectivity index (χ3v) is 4.85. The van der Waals surface area contributed by atoms with E-state index in [0.29, 0.717) is 18.1 Å². The molecule has 2 aromatic heterocycles. The first-order valence-corrected chi connectivity index (χ1v) is 8.66. The Morgan fingerprint density at radius 1 is 1.27 bits per heavy atom. The number of alkyl halides is 3. The first-order chi connectivity index (χ1) is 12.3. The second-order valence-corrected chi connectivity index (χ2v) is 6.79. The van der Waals surface area contributed by atoms with E-state index in [9.17, 15) is 18.0 Å². The van der Waals surface area contributed by atoms with Gasteiger partial charge in [0.1, 0.15) is 6.04 Å². The van der Waals surface area contributed by atoms with Gasteiger partial charge in [-0.1, -0.05) is 11.6 Å². The van der Waals surface area contributed by atoms with Gasteiger partial charge < -0.3 is 4.90 Å². The number of carbonyl (C=O) groups is 1. The summed E-state index contributed by atoms with van der Waals surface area (Å²) in [5.41, 5.74) is -0.0545. The molecule has 0 radical (unpaired) electrons. The molecule has 2 aromatic rings. The summed E-state index contributed by atoms with van der Waals surface area (Å²) in [5.74, 6) is 0.0116. The first kappa shape index (κ1) is 18.7. The molecule has 140 valence electrons. The molecule has 0 spiro atoms. The van der Waals surface area contributed by atoms with Crippen LogP contribution in [0.2, 0.25) is 5.02 Å². The van der Waals surface area contributed by atoms with Gasteiger partial charge in [-0.15, -0.1) is 0 Å².